The fourth-order valence-corrected chi connectivity index (χ4v) is 3.73. The van der Waals surface area contributed by atoms with E-state index in [1.54, 1.807) is 0 Å². The van der Waals surface area contributed by atoms with Crippen LogP contribution >= 0.6 is 24.8 Å². The largest absolute Gasteiger partial charge is 0.308 e. The average molecular weight is 409 g/mol. The highest BCUT2D eigenvalue weighted by Crippen LogP contribution is 2.20. The van der Waals surface area contributed by atoms with Crippen molar-refractivity contribution in [3.63, 3.8) is 0 Å². The van der Waals surface area contributed by atoms with Gasteiger partial charge in [0.1, 0.15) is 0 Å². The molecule has 1 aliphatic rings. The molecule has 2 aromatic rings. The van der Waals surface area contributed by atoms with Gasteiger partial charge in [0.15, 0.2) is 0 Å². The molecule has 2 nitrogen and oxygen atoms in total. The van der Waals surface area contributed by atoms with Crippen molar-refractivity contribution in [3.05, 3.63) is 71.3 Å². The molecule has 3 rings (SSSR count). The molecule has 0 amide bonds. The fraction of sp³-hybridized carbons (Fsp3) is 0.478. The number of benzene rings is 2. The van der Waals surface area contributed by atoms with E-state index in [1.165, 1.54) is 42.4 Å². The molecule has 2 atom stereocenters. The van der Waals surface area contributed by atoms with Crippen LogP contribution in [0.4, 0.5) is 0 Å². The molecule has 0 spiro atoms. The summed E-state index contributed by atoms with van der Waals surface area (Å²) in [6.07, 6.45) is 5.23. The Labute approximate surface area is 177 Å². The third-order valence-electron chi connectivity index (χ3n) is 5.39. The van der Waals surface area contributed by atoms with Crippen LogP contribution in [0.5, 0.6) is 0 Å². The third-order valence-corrected chi connectivity index (χ3v) is 5.39. The molecule has 0 aliphatic heterocycles. The van der Waals surface area contributed by atoms with Gasteiger partial charge in [0.2, 0.25) is 0 Å². The van der Waals surface area contributed by atoms with E-state index in [2.05, 4.69) is 79.1 Å². The molecule has 2 aromatic carbocycles. The van der Waals surface area contributed by atoms with Crippen molar-refractivity contribution < 1.29 is 0 Å². The molecule has 0 heterocycles. The van der Waals surface area contributed by atoms with E-state index in [4.69, 9.17) is 0 Å². The van der Waals surface area contributed by atoms with Crippen molar-refractivity contribution in [1.29, 1.82) is 0 Å². The molecule has 1 fully saturated rings. The summed E-state index contributed by atoms with van der Waals surface area (Å²) in [5.74, 6) is 0.604. The first-order valence-corrected chi connectivity index (χ1v) is 9.82. The minimum Gasteiger partial charge on any atom is -0.308 e. The van der Waals surface area contributed by atoms with Gasteiger partial charge in [-0.2, -0.15) is 0 Å². The summed E-state index contributed by atoms with van der Waals surface area (Å²) < 4.78 is 0. The van der Waals surface area contributed by atoms with Crippen LogP contribution in [0, 0.1) is 0 Å². The van der Waals surface area contributed by atoms with E-state index in [0.29, 0.717) is 18.0 Å². The zero-order valence-electron chi connectivity index (χ0n) is 16.5. The zero-order chi connectivity index (χ0) is 17.5. The zero-order valence-corrected chi connectivity index (χ0v) is 18.1. The lowest BCUT2D eigenvalue weighted by Crippen LogP contribution is -2.49. The maximum atomic E-state index is 3.81. The second-order valence-electron chi connectivity index (χ2n) is 7.64. The predicted molar refractivity (Wildman–Crippen MR) is 121 cm³/mol. The smallest absolute Gasteiger partial charge is 0.0224 e. The Morgan fingerprint density at radius 1 is 0.741 bits per heavy atom. The molecule has 2 unspecified atom stereocenters. The lowest BCUT2D eigenvalue weighted by Gasteiger charge is -2.33. The van der Waals surface area contributed by atoms with Gasteiger partial charge in [-0.3, -0.25) is 0 Å². The van der Waals surface area contributed by atoms with Gasteiger partial charge < -0.3 is 10.6 Å². The van der Waals surface area contributed by atoms with Gasteiger partial charge in [-0.1, -0.05) is 81.3 Å². The van der Waals surface area contributed by atoms with Crippen LogP contribution in [-0.4, -0.2) is 12.1 Å². The van der Waals surface area contributed by atoms with Gasteiger partial charge in [0.05, 0.1) is 0 Å². The summed E-state index contributed by atoms with van der Waals surface area (Å²) >= 11 is 0. The summed E-state index contributed by atoms with van der Waals surface area (Å²) in [7, 11) is 0. The highest BCUT2D eigenvalue weighted by molar-refractivity contribution is 5.85. The lowest BCUT2D eigenvalue weighted by atomic mass is 9.90. The standard InChI is InChI=1S/C23H32N2.2ClH/c1-18(2)21-14-12-20(13-15-21)17-25-23-11-7-6-10-22(23)24-16-19-8-4-3-5-9-19;;/h3-5,8-9,12-15,18,22-25H,6-7,10-11,16-17H2,1-2H3;2*1H. The van der Waals surface area contributed by atoms with E-state index in [9.17, 15) is 0 Å². The van der Waals surface area contributed by atoms with E-state index in [-0.39, 0.29) is 24.8 Å². The second-order valence-corrected chi connectivity index (χ2v) is 7.64. The molecule has 0 bridgehead atoms. The van der Waals surface area contributed by atoms with E-state index >= 15 is 0 Å². The van der Waals surface area contributed by atoms with Gasteiger partial charge in [-0.15, -0.1) is 24.8 Å². The van der Waals surface area contributed by atoms with Crippen LogP contribution < -0.4 is 10.6 Å². The monoisotopic (exact) mass is 408 g/mol. The van der Waals surface area contributed by atoms with E-state index < -0.39 is 0 Å². The number of nitrogens with one attached hydrogen (secondary N) is 2. The van der Waals surface area contributed by atoms with Gasteiger partial charge in [0, 0.05) is 25.2 Å². The third kappa shape index (κ3) is 7.46. The number of halogens is 2. The Balaban J connectivity index is 0.00000182. The van der Waals surface area contributed by atoms with Gasteiger partial charge >= 0.3 is 0 Å². The molecular formula is C23H34Cl2N2. The van der Waals surface area contributed by atoms with Gasteiger partial charge in [-0.05, 0) is 35.4 Å². The molecule has 0 radical (unpaired) electrons. The molecular weight excluding hydrogens is 375 g/mol. The van der Waals surface area contributed by atoms with E-state index in [1.807, 2.05) is 0 Å². The fourth-order valence-electron chi connectivity index (χ4n) is 3.73. The highest BCUT2D eigenvalue weighted by Gasteiger charge is 2.24. The lowest BCUT2D eigenvalue weighted by molar-refractivity contribution is 0.281. The van der Waals surface area contributed by atoms with Crippen molar-refractivity contribution >= 4 is 24.8 Å². The molecule has 4 heteroatoms. The van der Waals surface area contributed by atoms with Crippen molar-refractivity contribution in [2.24, 2.45) is 0 Å². The first-order chi connectivity index (χ1) is 12.2. The van der Waals surface area contributed by atoms with Crippen LogP contribution in [-0.2, 0) is 13.1 Å². The molecule has 1 saturated carbocycles. The summed E-state index contributed by atoms with van der Waals surface area (Å²) in [5.41, 5.74) is 4.18. The van der Waals surface area contributed by atoms with Gasteiger partial charge in [0.25, 0.3) is 0 Å². The summed E-state index contributed by atoms with van der Waals surface area (Å²) in [6.45, 7) is 6.43. The minimum atomic E-state index is 0. The van der Waals surface area contributed by atoms with Crippen LogP contribution in [0.1, 0.15) is 62.1 Å². The predicted octanol–water partition coefficient (Wildman–Crippen LogP) is 5.84. The highest BCUT2D eigenvalue weighted by atomic mass is 35.5. The number of hydrogen-bond donors (Lipinski definition) is 2. The Bertz CT molecular complexity index is 629. The molecule has 0 aromatic heterocycles. The van der Waals surface area contributed by atoms with Crippen molar-refractivity contribution in [2.45, 2.75) is 70.6 Å². The minimum absolute atomic E-state index is 0. The average Bonchev–Trinajstić information content (AvgIpc) is 2.66. The molecule has 0 saturated heterocycles. The van der Waals surface area contributed by atoms with Crippen molar-refractivity contribution in [1.82, 2.24) is 10.6 Å². The SMILES string of the molecule is CC(C)c1ccc(CNC2CCCCC2NCc2ccccc2)cc1.Cl.Cl. The quantitative estimate of drug-likeness (QED) is 0.600. The van der Waals surface area contributed by atoms with Crippen molar-refractivity contribution in [2.75, 3.05) is 0 Å². The van der Waals surface area contributed by atoms with E-state index in [0.717, 1.165) is 13.1 Å². The molecule has 2 N–H and O–H groups in total. The topological polar surface area (TPSA) is 24.1 Å². The van der Waals surface area contributed by atoms with Crippen LogP contribution in [0.2, 0.25) is 0 Å². The number of rotatable bonds is 7. The maximum Gasteiger partial charge on any atom is 0.0224 e. The molecule has 150 valence electrons. The summed E-state index contributed by atoms with van der Waals surface area (Å²) in [5, 5.41) is 7.60. The van der Waals surface area contributed by atoms with Crippen molar-refractivity contribution in [3.8, 4) is 0 Å². The molecule has 27 heavy (non-hydrogen) atoms. The Morgan fingerprint density at radius 2 is 1.22 bits per heavy atom. The first kappa shape index (κ1) is 24.0. The second kappa shape index (κ2) is 12.4. The molecule has 1 aliphatic carbocycles. The Hall–Kier alpha value is -1.06. The first-order valence-electron chi connectivity index (χ1n) is 9.82. The number of hydrogen-bond acceptors (Lipinski definition) is 2. The van der Waals surface area contributed by atoms with Crippen LogP contribution in [0.3, 0.4) is 0 Å². The Kier molecular flexibility index (Phi) is 11.0. The normalized spacial score (nSPS) is 19.2. The Morgan fingerprint density at radius 3 is 1.70 bits per heavy atom. The summed E-state index contributed by atoms with van der Waals surface area (Å²) in [4.78, 5) is 0. The van der Waals surface area contributed by atoms with Crippen LogP contribution in [0.25, 0.3) is 0 Å². The van der Waals surface area contributed by atoms with Crippen LogP contribution in [0.15, 0.2) is 54.6 Å². The summed E-state index contributed by atoms with van der Waals surface area (Å²) in [6, 6.07) is 21.0. The van der Waals surface area contributed by atoms with Gasteiger partial charge in [-0.25, -0.2) is 0 Å². The maximum absolute atomic E-state index is 3.81.